The van der Waals surface area contributed by atoms with Crippen LogP contribution in [0.3, 0.4) is 0 Å². The summed E-state index contributed by atoms with van der Waals surface area (Å²) in [5.41, 5.74) is 0. The highest BCUT2D eigenvalue weighted by Gasteiger charge is 2.11. The second-order valence-electron chi connectivity index (χ2n) is 4.36. The van der Waals surface area contributed by atoms with Crippen molar-refractivity contribution >= 4 is 0 Å². The van der Waals surface area contributed by atoms with Crippen molar-refractivity contribution in [1.29, 1.82) is 0 Å². The van der Waals surface area contributed by atoms with E-state index in [9.17, 15) is 0 Å². The first-order valence-corrected chi connectivity index (χ1v) is 4.99. The maximum absolute atomic E-state index is 3.42. The summed E-state index contributed by atoms with van der Waals surface area (Å²) in [4.78, 5) is 0. The molecule has 12 heavy (non-hydrogen) atoms. The van der Waals surface area contributed by atoms with Gasteiger partial charge in [0, 0.05) is 25.2 Å². The Labute approximate surface area is 77.1 Å². The van der Waals surface area contributed by atoms with E-state index in [0.29, 0.717) is 12.1 Å². The predicted octanol–water partition coefficient (Wildman–Crippen LogP) is 1.62. The molecule has 1 aliphatic rings. The van der Waals surface area contributed by atoms with E-state index < -0.39 is 0 Å². The molecule has 2 atom stereocenters. The predicted molar refractivity (Wildman–Crippen MR) is 55.4 cm³/mol. The summed E-state index contributed by atoms with van der Waals surface area (Å²) in [6, 6.07) is 1.30. The van der Waals surface area contributed by atoms with E-state index in [1.165, 1.54) is 0 Å². The van der Waals surface area contributed by atoms with Crippen molar-refractivity contribution < 1.29 is 0 Å². The SMILES string of the molecule is CC(C)C.CC1CNCC(C)N1. The van der Waals surface area contributed by atoms with E-state index in [1.807, 2.05) is 0 Å². The third kappa shape index (κ3) is 8.02. The van der Waals surface area contributed by atoms with E-state index >= 15 is 0 Å². The summed E-state index contributed by atoms with van der Waals surface area (Å²) in [5.74, 6) is 0.833. The van der Waals surface area contributed by atoms with E-state index in [2.05, 4.69) is 45.3 Å². The van der Waals surface area contributed by atoms with Crippen molar-refractivity contribution in [3.05, 3.63) is 0 Å². The van der Waals surface area contributed by atoms with Crippen LogP contribution in [-0.4, -0.2) is 25.2 Å². The molecule has 2 unspecified atom stereocenters. The van der Waals surface area contributed by atoms with Gasteiger partial charge in [-0.3, -0.25) is 0 Å². The molecule has 0 aromatic rings. The number of rotatable bonds is 0. The molecule has 0 saturated carbocycles. The zero-order valence-electron chi connectivity index (χ0n) is 9.15. The molecule has 1 fully saturated rings. The minimum atomic E-state index is 0.652. The molecule has 0 bridgehead atoms. The molecule has 2 heteroatoms. The molecule has 0 aliphatic carbocycles. The number of piperazine rings is 1. The molecule has 0 amide bonds. The maximum atomic E-state index is 3.42. The fourth-order valence-corrected chi connectivity index (χ4v) is 1.12. The Balaban J connectivity index is 0.000000261. The molecule has 2 nitrogen and oxygen atoms in total. The lowest BCUT2D eigenvalue weighted by Gasteiger charge is -2.26. The normalized spacial score (nSPS) is 29.5. The molecular formula is C10H24N2. The third-order valence-electron chi connectivity index (χ3n) is 1.47. The third-order valence-corrected chi connectivity index (χ3v) is 1.47. The van der Waals surface area contributed by atoms with Crippen LogP contribution in [0.4, 0.5) is 0 Å². The number of hydrogen-bond donors (Lipinski definition) is 2. The molecule has 0 aromatic carbocycles. The van der Waals surface area contributed by atoms with Gasteiger partial charge in [0.05, 0.1) is 0 Å². The summed E-state index contributed by atoms with van der Waals surface area (Å²) in [5, 5.41) is 6.74. The zero-order chi connectivity index (χ0) is 9.56. The van der Waals surface area contributed by atoms with Crippen molar-refractivity contribution in [2.24, 2.45) is 5.92 Å². The van der Waals surface area contributed by atoms with E-state index in [1.54, 1.807) is 0 Å². The van der Waals surface area contributed by atoms with Crippen LogP contribution in [0.5, 0.6) is 0 Å². The second kappa shape index (κ2) is 6.44. The molecule has 1 rings (SSSR count). The fraction of sp³-hybridized carbons (Fsp3) is 1.00. The lowest BCUT2D eigenvalue weighted by Crippen LogP contribution is -2.52. The molecule has 1 aliphatic heterocycles. The first kappa shape index (κ1) is 11.9. The molecule has 0 radical (unpaired) electrons. The van der Waals surface area contributed by atoms with Crippen LogP contribution >= 0.6 is 0 Å². The zero-order valence-corrected chi connectivity index (χ0v) is 9.15. The van der Waals surface area contributed by atoms with Crippen LogP contribution in [-0.2, 0) is 0 Å². The minimum Gasteiger partial charge on any atom is -0.314 e. The standard InChI is InChI=1S/C6H14N2.C4H10/c1-5-3-7-4-6(2)8-5;1-4(2)3/h5-8H,3-4H2,1-2H3;4H,1-3H3. The lowest BCUT2D eigenvalue weighted by molar-refractivity contribution is 0.370. The van der Waals surface area contributed by atoms with Gasteiger partial charge in [0.15, 0.2) is 0 Å². The van der Waals surface area contributed by atoms with Gasteiger partial charge in [0.25, 0.3) is 0 Å². The molecule has 0 aromatic heterocycles. The van der Waals surface area contributed by atoms with Crippen LogP contribution in [0.25, 0.3) is 0 Å². The molecule has 1 saturated heterocycles. The largest absolute Gasteiger partial charge is 0.314 e. The maximum Gasteiger partial charge on any atom is 0.0167 e. The minimum absolute atomic E-state index is 0.652. The highest BCUT2D eigenvalue weighted by Crippen LogP contribution is 1.90. The van der Waals surface area contributed by atoms with Gasteiger partial charge in [0.2, 0.25) is 0 Å². The lowest BCUT2D eigenvalue weighted by atomic mass is 10.2. The monoisotopic (exact) mass is 172 g/mol. The van der Waals surface area contributed by atoms with E-state index in [0.717, 1.165) is 19.0 Å². The summed E-state index contributed by atoms with van der Waals surface area (Å²) in [6.07, 6.45) is 0. The molecule has 74 valence electrons. The van der Waals surface area contributed by atoms with Crippen LogP contribution in [0.15, 0.2) is 0 Å². The van der Waals surface area contributed by atoms with Gasteiger partial charge in [-0.1, -0.05) is 20.8 Å². The first-order chi connectivity index (χ1) is 5.52. The van der Waals surface area contributed by atoms with Gasteiger partial charge in [-0.2, -0.15) is 0 Å². The van der Waals surface area contributed by atoms with Crippen molar-refractivity contribution in [1.82, 2.24) is 10.6 Å². The molecular weight excluding hydrogens is 148 g/mol. The fourth-order valence-electron chi connectivity index (χ4n) is 1.12. The van der Waals surface area contributed by atoms with Gasteiger partial charge in [-0.05, 0) is 19.8 Å². The topological polar surface area (TPSA) is 24.1 Å². The second-order valence-corrected chi connectivity index (χ2v) is 4.36. The highest BCUT2D eigenvalue weighted by atomic mass is 15.1. The van der Waals surface area contributed by atoms with Crippen molar-refractivity contribution in [3.63, 3.8) is 0 Å². The van der Waals surface area contributed by atoms with Crippen molar-refractivity contribution in [3.8, 4) is 0 Å². The number of hydrogen-bond acceptors (Lipinski definition) is 2. The summed E-state index contributed by atoms with van der Waals surface area (Å²) in [6.45, 7) is 13.1. The average molecular weight is 172 g/mol. The van der Waals surface area contributed by atoms with Crippen LogP contribution in [0, 0.1) is 5.92 Å². The highest BCUT2D eigenvalue weighted by molar-refractivity contribution is 4.76. The average Bonchev–Trinajstić information content (AvgIpc) is 1.84. The number of nitrogens with one attached hydrogen (secondary N) is 2. The smallest absolute Gasteiger partial charge is 0.0167 e. The summed E-state index contributed by atoms with van der Waals surface area (Å²) in [7, 11) is 0. The van der Waals surface area contributed by atoms with Gasteiger partial charge in [0.1, 0.15) is 0 Å². The van der Waals surface area contributed by atoms with Gasteiger partial charge in [-0.15, -0.1) is 0 Å². The van der Waals surface area contributed by atoms with Crippen molar-refractivity contribution in [2.75, 3.05) is 13.1 Å². The van der Waals surface area contributed by atoms with Crippen LogP contribution in [0.2, 0.25) is 0 Å². The Morgan fingerprint density at radius 1 is 1.00 bits per heavy atom. The van der Waals surface area contributed by atoms with Crippen LogP contribution < -0.4 is 10.6 Å². The van der Waals surface area contributed by atoms with E-state index in [4.69, 9.17) is 0 Å². The Kier molecular flexibility index (Phi) is 6.39. The van der Waals surface area contributed by atoms with Gasteiger partial charge >= 0.3 is 0 Å². The summed E-state index contributed by atoms with van der Waals surface area (Å²) >= 11 is 0. The molecule has 1 heterocycles. The molecule has 0 spiro atoms. The Bertz CT molecular complexity index is 91.3. The first-order valence-electron chi connectivity index (χ1n) is 4.99. The Morgan fingerprint density at radius 2 is 1.33 bits per heavy atom. The van der Waals surface area contributed by atoms with Gasteiger partial charge in [-0.25, -0.2) is 0 Å². The Hall–Kier alpha value is -0.0800. The molecule has 2 N–H and O–H groups in total. The summed E-state index contributed by atoms with van der Waals surface area (Å²) < 4.78 is 0. The Morgan fingerprint density at radius 3 is 1.50 bits per heavy atom. The quantitative estimate of drug-likeness (QED) is 0.580. The van der Waals surface area contributed by atoms with E-state index in [-0.39, 0.29) is 0 Å². The van der Waals surface area contributed by atoms with Crippen LogP contribution in [0.1, 0.15) is 34.6 Å². The van der Waals surface area contributed by atoms with Crippen molar-refractivity contribution in [2.45, 2.75) is 46.7 Å². The van der Waals surface area contributed by atoms with Gasteiger partial charge < -0.3 is 10.6 Å².